The normalized spacial score (nSPS) is 9.88. The van der Waals surface area contributed by atoms with Gasteiger partial charge in [-0.25, -0.2) is 5.01 Å². The molecule has 0 unspecified atom stereocenters. The molecule has 2 aromatic rings. The summed E-state index contributed by atoms with van der Waals surface area (Å²) in [6.45, 7) is 1.49. The summed E-state index contributed by atoms with van der Waals surface area (Å²) in [5, 5.41) is 0.961. The fourth-order valence-electron chi connectivity index (χ4n) is 2.01. The van der Waals surface area contributed by atoms with Gasteiger partial charge in [0.15, 0.2) is 0 Å². The number of ether oxygens (including phenoxy) is 1. The SMILES string of the molecule is CCOC(=O)CN(NC(=O)c1ccccc1)C(=O)c1ccccc1. The highest BCUT2D eigenvalue weighted by molar-refractivity contribution is 6.00. The topological polar surface area (TPSA) is 75.7 Å². The minimum atomic E-state index is -0.602. The molecule has 0 radical (unpaired) electrons. The van der Waals surface area contributed by atoms with Gasteiger partial charge in [0.05, 0.1) is 6.61 Å². The third-order valence-electron chi connectivity index (χ3n) is 3.13. The summed E-state index contributed by atoms with van der Waals surface area (Å²) in [7, 11) is 0. The van der Waals surface area contributed by atoms with E-state index >= 15 is 0 Å². The Morgan fingerprint density at radius 3 is 2.00 bits per heavy atom. The second-order valence-corrected chi connectivity index (χ2v) is 4.87. The Morgan fingerprint density at radius 2 is 1.46 bits per heavy atom. The van der Waals surface area contributed by atoms with Crippen LogP contribution in [0.3, 0.4) is 0 Å². The van der Waals surface area contributed by atoms with E-state index in [0.29, 0.717) is 11.1 Å². The zero-order chi connectivity index (χ0) is 17.4. The molecule has 124 valence electrons. The van der Waals surface area contributed by atoms with E-state index in [9.17, 15) is 14.4 Å². The number of esters is 1. The Hall–Kier alpha value is -3.15. The molecule has 0 saturated heterocycles. The van der Waals surface area contributed by atoms with E-state index < -0.39 is 17.8 Å². The van der Waals surface area contributed by atoms with Gasteiger partial charge in [0.2, 0.25) is 0 Å². The van der Waals surface area contributed by atoms with E-state index in [2.05, 4.69) is 5.43 Å². The summed E-state index contributed by atoms with van der Waals surface area (Å²) in [5.41, 5.74) is 3.20. The lowest BCUT2D eigenvalue weighted by Crippen LogP contribution is -2.49. The average molecular weight is 326 g/mol. The Kier molecular flexibility index (Phi) is 6.08. The molecule has 1 N–H and O–H groups in total. The Balaban J connectivity index is 2.18. The van der Waals surface area contributed by atoms with Crippen LogP contribution in [0.4, 0.5) is 0 Å². The van der Waals surface area contributed by atoms with E-state index in [1.807, 2.05) is 0 Å². The molecule has 2 rings (SSSR count). The highest BCUT2D eigenvalue weighted by Gasteiger charge is 2.22. The number of amides is 2. The van der Waals surface area contributed by atoms with Crippen LogP contribution in [0.25, 0.3) is 0 Å². The van der Waals surface area contributed by atoms with E-state index in [1.54, 1.807) is 67.6 Å². The minimum absolute atomic E-state index is 0.193. The molecule has 0 aliphatic rings. The number of benzene rings is 2. The van der Waals surface area contributed by atoms with Gasteiger partial charge in [0.1, 0.15) is 6.54 Å². The summed E-state index contributed by atoms with van der Waals surface area (Å²) in [5.74, 6) is -1.58. The molecule has 0 heterocycles. The quantitative estimate of drug-likeness (QED) is 0.674. The van der Waals surface area contributed by atoms with Crippen molar-refractivity contribution < 1.29 is 19.1 Å². The summed E-state index contributed by atoms with van der Waals surface area (Å²) in [4.78, 5) is 36.6. The first-order valence-electron chi connectivity index (χ1n) is 7.50. The second kappa shape index (κ2) is 8.47. The number of rotatable bonds is 5. The average Bonchev–Trinajstić information content (AvgIpc) is 2.62. The van der Waals surface area contributed by atoms with Crippen molar-refractivity contribution in [1.29, 1.82) is 0 Å². The van der Waals surface area contributed by atoms with Crippen molar-refractivity contribution in [2.75, 3.05) is 13.2 Å². The zero-order valence-corrected chi connectivity index (χ0v) is 13.3. The van der Waals surface area contributed by atoms with E-state index in [1.165, 1.54) is 0 Å². The van der Waals surface area contributed by atoms with Gasteiger partial charge in [-0.2, -0.15) is 0 Å². The van der Waals surface area contributed by atoms with E-state index in [-0.39, 0.29) is 13.2 Å². The number of nitrogens with zero attached hydrogens (tertiary/aromatic N) is 1. The van der Waals surface area contributed by atoms with Gasteiger partial charge >= 0.3 is 5.97 Å². The lowest BCUT2D eigenvalue weighted by molar-refractivity contribution is -0.144. The number of hydrogen-bond donors (Lipinski definition) is 1. The first-order valence-corrected chi connectivity index (χ1v) is 7.50. The monoisotopic (exact) mass is 326 g/mol. The van der Waals surface area contributed by atoms with Crippen molar-refractivity contribution in [2.24, 2.45) is 0 Å². The van der Waals surface area contributed by atoms with Gasteiger partial charge < -0.3 is 4.74 Å². The molecule has 0 spiro atoms. The van der Waals surface area contributed by atoms with Gasteiger partial charge in [-0.1, -0.05) is 36.4 Å². The van der Waals surface area contributed by atoms with Crippen LogP contribution in [-0.2, 0) is 9.53 Å². The minimum Gasteiger partial charge on any atom is -0.465 e. The lowest BCUT2D eigenvalue weighted by Gasteiger charge is -2.22. The second-order valence-electron chi connectivity index (χ2n) is 4.87. The first kappa shape index (κ1) is 17.2. The predicted octanol–water partition coefficient (Wildman–Crippen LogP) is 2.04. The molecular formula is C18H18N2O4. The molecule has 0 aromatic heterocycles. The van der Waals surface area contributed by atoms with Crippen LogP contribution in [0.1, 0.15) is 27.6 Å². The number of hydrazine groups is 1. The van der Waals surface area contributed by atoms with E-state index in [0.717, 1.165) is 5.01 Å². The number of nitrogens with one attached hydrogen (secondary N) is 1. The molecule has 0 aliphatic heterocycles. The fourth-order valence-corrected chi connectivity index (χ4v) is 2.01. The van der Waals surface area contributed by atoms with Gasteiger partial charge in [-0.05, 0) is 31.2 Å². The highest BCUT2D eigenvalue weighted by Crippen LogP contribution is 2.05. The van der Waals surface area contributed by atoms with Crippen LogP contribution in [0, 0.1) is 0 Å². The molecule has 2 amide bonds. The molecule has 24 heavy (non-hydrogen) atoms. The fraction of sp³-hybridized carbons (Fsp3) is 0.167. The van der Waals surface area contributed by atoms with E-state index in [4.69, 9.17) is 4.74 Å². The summed E-state index contributed by atoms with van der Waals surface area (Å²) in [6.07, 6.45) is 0. The molecule has 0 bridgehead atoms. The van der Waals surface area contributed by atoms with Gasteiger partial charge in [0.25, 0.3) is 11.8 Å². The summed E-state index contributed by atoms with van der Waals surface area (Å²) in [6, 6.07) is 16.8. The maximum absolute atomic E-state index is 12.6. The van der Waals surface area contributed by atoms with Crippen LogP contribution in [0.2, 0.25) is 0 Å². The number of carbonyl (C=O) groups excluding carboxylic acids is 3. The maximum atomic E-state index is 12.6. The smallest absolute Gasteiger partial charge is 0.327 e. The largest absolute Gasteiger partial charge is 0.465 e. The highest BCUT2D eigenvalue weighted by atomic mass is 16.5. The summed E-state index contributed by atoms with van der Waals surface area (Å²) >= 11 is 0. The molecule has 0 atom stereocenters. The maximum Gasteiger partial charge on any atom is 0.327 e. The van der Waals surface area contributed by atoms with Crippen molar-refractivity contribution >= 4 is 17.8 Å². The van der Waals surface area contributed by atoms with Crippen molar-refractivity contribution in [3.63, 3.8) is 0 Å². The van der Waals surface area contributed by atoms with Crippen LogP contribution in [0.5, 0.6) is 0 Å². The summed E-state index contributed by atoms with van der Waals surface area (Å²) < 4.78 is 4.86. The molecule has 0 saturated carbocycles. The van der Waals surface area contributed by atoms with Gasteiger partial charge in [0, 0.05) is 11.1 Å². The van der Waals surface area contributed by atoms with Crippen molar-refractivity contribution in [3.8, 4) is 0 Å². The molecule has 0 aliphatic carbocycles. The lowest BCUT2D eigenvalue weighted by atomic mass is 10.2. The van der Waals surface area contributed by atoms with Crippen molar-refractivity contribution in [3.05, 3.63) is 71.8 Å². The predicted molar refractivity (Wildman–Crippen MR) is 88.0 cm³/mol. The first-order chi connectivity index (χ1) is 11.6. The standard InChI is InChI=1S/C18H18N2O4/c1-2-24-16(21)13-20(18(23)15-11-7-4-8-12-15)19-17(22)14-9-5-3-6-10-14/h3-12H,2,13H2,1H3,(H,19,22). The Labute approximate surface area is 140 Å². The molecule has 6 nitrogen and oxygen atoms in total. The molecule has 2 aromatic carbocycles. The number of carbonyl (C=O) groups is 3. The Morgan fingerprint density at radius 1 is 0.917 bits per heavy atom. The third-order valence-corrected chi connectivity index (χ3v) is 3.13. The molecule has 0 fully saturated rings. The van der Waals surface area contributed by atoms with Gasteiger partial charge in [-0.15, -0.1) is 0 Å². The zero-order valence-electron chi connectivity index (χ0n) is 13.3. The van der Waals surface area contributed by atoms with Crippen LogP contribution >= 0.6 is 0 Å². The van der Waals surface area contributed by atoms with Crippen molar-refractivity contribution in [2.45, 2.75) is 6.92 Å². The van der Waals surface area contributed by atoms with Crippen molar-refractivity contribution in [1.82, 2.24) is 10.4 Å². The third kappa shape index (κ3) is 4.67. The van der Waals surface area contributed by atoms with Crippen LogP contribution < -0.4 is 5.43 Å². The molecule has 6 heteroatoms. The molecular weight excluding hydrogens is 308 g/mol. The van der Waals surface area contributed by atoms with Crippen LogP contribution in [0.15, 0.2) is 60.7 Å². The van der Waals surface area contributed by atoms with Gasteiger partial charge in [-0.3, -0.25) is 19.8 Å². The van der Waals surface area contributed by atoms with Crippen LogP contribution in [-0.4, -0.2) is 35.9 Å². The Bertz CT molecular complexity index is 701. The number of hydrogen-bond acceptors (Lipinski definition) is 4.